The first-order valence-corrected chi connectivity index (χ1v) is 10.6. The van der Waals surface area contributed by atoms with Gasteiger partial charge in [-0.05, 0) is 55.7 Å². The van der Waals surface area contributed by atoms with Gasteiger partial charge in [-0.2, -0.15) is 0 Å². The smallest absolute Gasteiger partial charge is 0.255 e. The van der Waals surface area contributed by atoms with Crippen LogP contribution in [0.1, 0.15) is 43.0 Å². The highest BCUT2D eigenvalue weighted by atomic mass is 16.2. The molecule has 1 unspecified atom stereocenters. The Labute approximate surface area is 178 Å². The van der Waals surface area contributed by atoms with E-state index in [-0.39, 0.29) is 17.7 Å². The fourth-order valence-electron chi connectivity index (χ4n) is 3.66. The van der Waals surface area contributed by atoms with Crippen molar-refractivity contribution in [2.45, 2.75) is 32.6 Å². The Morgan fingerprint density at radius 2 is 2.00 bits per heavy atom. The van der Waals surface area contributed by atoms with Crippen LogP contribution in [0, 0.1) is 5.92 Å². The van der Waals surface area contributed by atoms with Crippen molar-refractivity contribution in [3.63, 3.8) is 0 Å². The molecule has 0 aliphatic carbocycles. The number of carbonyl (C=O) groups is 2. The summed E-state index contributed by atoms with van der Waals surface area (Å²) >= 11 is 0. The topological polar surface area (TPSA) is 91.6 Å². The van der Waals surface area contributed by atoms with Crippen molar-refractivity contribution in [1.82, 2.24) is 4.98 Å². The minimum atomic E-state index is -0.258. The summed E-state index contributed by atoms with van der Waals surface area (Å²) in [5.74, 6) is 0.229. The van der Waals surface area contributed by atoms with E-state index < -0.39 is 0 Å². The van der Waals surface area contributed by atoms with Gasteiger partial charge in [0.05, 0.1) is 17.8 Å². The lowest BCUT2D eigenvalue weighted by Crippen LogP contribution is -2.41. The molecular formula is C23H31N5O2. The van der Waals surface area contributed by atoms with Crippen LogP contribution in [0.5, 0.6) is 0 Å². The van der Waals surface area contributed by atoms with Gasteiger partial charge in [-0.15, -0.1) is 0 Å². The number of primary amides is 1. The largest absolute Gasteiger partial charge is 0.375 e. The quantitative estimate of drug-likeness (QED) is 0.698. The summed E-state index contributed by atoms with van der Waals surface area (Å²) in [6.07, 6.45) is 5.68. The number of rotatable bonds is 8. The number of nitrogens with one attached hydrogen (secondary N) is 1. The molecule has 7 nitrogen and oxygen atoms in total. The van der Waals surface area contributed by atoms with E-state index in [0.29, 0.717) is 17.8 Å². The van der Waals surface area contributed by atoms with E-state index >= 15 is 0 Å². The summed E-state index contributed by atoms with van der Waals surface area (Å²) < 4.78 is 0. The second kappa shape index (κ2) is 10.1. The van der Waals surface area contributed by atoms with Gasteiger partial charge >= 0.3 is 0 Å². The van der Waals surface area contributed by atoms with Gasteiger partial charge in [0.15, 0.2) is 0 Å². The van der Waals surface area contributed by atoms with Crippen molar-refractivity contribution in [1.29, 1.82) is 0 Å². The van der Waals surface area contributed by atoms with Gasteiger partial charge in [-0.3, -0.25) is 9.59 Å². The van der Waals surface area contributed by atoms with Gasteiger partial charge in [-0.1, -0.05) is 13.3 Å². The third-order valence-corrected chi connectivity index (χ3v) is 5.57. The molecule has 1 fully saturated rings. The highest BCUT2D eigenvalue weighted by Gasteiger charge is 2.24. The second-order valence-electron chi connectivity index (χ2n) is 7.87. The molecule has 0 bridgehead atoms. The van der Waals surface area contributed by atoms with Gasteiger partial charge in [0.2, 0.25) is 5.91 Å². The monoisotopic (exact) mass is 409 g/mol. The summed E-state index contributed by atoms with van der Waals surface area (Å²) in [4.78, 5) is 32.7. The number of amides is 2. The Kier molecular flexibility index (Phi) is 7.27. The third kappa shape index (κ3) is 5.49. The molecule has 2 heterocycles. The van der Waals surface area contributed by atoms with E-state index in [4.69, 9.17) is 5.73 Å². The van der Waals surface area contributed by atoms with Crippen LogP contribution in [0.3, 0.4) is 0 Å². The molecule has 3 rings (SSSR count). The summed E-state index contributed by atoms with van der Waals surface area (Å²) in [6.45, 7) is 4.61. The van der Waals surface area contributed by atoms with Crippen LogP contribution in [0.4, 0.5) is 17.2 Å². The average Bonchev–Trinajstić information content (AvgIpc) is 2.78. The molecule has 0 spiro atoms. The first-order valence-electron chi connectivity index (χ1n) is 10.6. The van der Waals surface area contributed by atoms with Crippen molar-refractivity contribution in [3.8, 4) is 0 Å². The van der Waals surface area contributed by atoms with Crippen molar-refractivity contribution in [2.75, 3.05) is 41.8 Å². The standard InChI is InChI=1S/C23H31N5O2/c1-3-4-13-27(2)20-10-7-17(8-11-20)23(30)26-19-9-12-21(25-15-19)28-14-5-6-18(16-28)22(24)29/h7-12,15,18H,3-6,13-14,16H2,1-2H3,(H2,24,29)(H,26,30). The van der Waals surface area contributed by atoms with Crippen LogP contribution in [0.25, 0.3) is 0 Å². The molecule has 1 aliphatic heterocycles. The number of hydrogen-bond acceptors (Lipinski definition) is 5. The van der Waals surface area contributed by atoms with Crippen molar-refractivity contribution in [3.05, 3.63) is 48.2 Å². The Morgan fingerprint density at radius 1 is 1.23 bits per heavy atom. The maximum atomic E-state index is 12.6. The minimum absolute atomic E-state index is 0.135. The molecule has 0 radical (unpaired) electrons. The lowest BCUT2D eigenvalue weighted by Gasteiger charge is -2.32. The Bertz CT molecular complexity index is 851. The van der Waals surface area contributed by atoms with Gasteiger partial charge in [0.1, 0.15) is 5.82 Å². The van der Waals surface area contributed by atoms with Crippen LogP contribution >= 0.6 is 0 Å². The van der Waals surface area contributed by atoms with Crippen molar-refractivity contribution in [2.24, 2.45) is 11.7 Å². The van der Waals surface area contributed by atoms with E-state index in [9.17, 15) is 9.59 Å². The van der Waals surface area contributed by atoms with Crippen LogP contribution in [-0.2, 0) is 4.79 Å². The number of anilines is 3. The van der Waals surface area contributed by atoms with Crippen LogP contribution < -0.4 is 20.9 Å². The average molecular weight is 410 g/mol. The molecule has 1 saturated heterocycles. The number of aromatic nitrogens is 1. The third-order valence-electron chi connectivity index (χ3n) is 5.57. The van der Waals surface area contributed by atoms with E-state index in [1.165, 1.54) is 0 Å². The zero-order chi connectivity index (χ0) is 21.5. The number of carbonyl (C=O) groups excluding carboxylic acids is 2. The fraction of sp³-hybridized carbons (Fsp3) is 0.435. The van der Waals surface area contributed by atoms with E-state index in [2.05, 4.69) is 34.1 Å². The number of pyridine rings is 1. The van der Waals surface area contributed by atoms with E-state index in [1.807, 2.05) is 36.4 Å². The van der Waals surface area contributed by atoms with Gasteiger partial charge in [0, 0.05) is 37.9 Å². The first-order chi connectivity index (χ1) is 14.5. The molecule has 7 heteroatoms. The zero-order valence-electron chi connectivity index (χ0n) is 17.8. The van der Waals surface area contributed by atoms with Crippen LogP contribution in [-0.4, -0.2) is 43.5 Å². The van der Waals surface area contributed by atoms with Gasteiger partial charge in [0.25, 0.3) is 5.91 Å². The van der Waals surface area contributed by atoms with Crippen molar-refractivity contribution >= 4 is 29.0 Å². The van der Waals surface area contributed by atoms with Crippen molar-refractivity contribution < 1.29 is 9.59 Å². The predicted octanol–water partition coefficient (Wildman–Crippen LogP) is 3.27. The SMILES string of the molecule is CCCCN(C)c1ccc(C(=O)Nc2ccc(N3CCCC(C(N)=O)C3)nc2)cc1. The molecule has 2 amide bonds. The summed E-state index contributed by atoms with van der Waals surface area (Å²) in [6, 6.07) is 11.3. The Balaban J connectivity index is 1.58. The number of hydrogen-bond donors (Lipinski definition) is 2. The molecular weight excluding hydrogens is 378 g/mol. The van der Waals surface area contributed by atoms with Gasteiger partial charge < -0.3 is 20.9 Å². The Hall–Kier alpha value is -3.09. The van der Waals surface area contributed by atoms with E-state index in [1.54, 1.807) is 6.20 Å². The van der Waals surface area contributed by atoms with E-state index in [0.717, 1.165) is 50.3 Å². The lowest BCUT2D eigenvalue weighted by molar-refractivity contribution is -0.122. The molecule has 2 aromatic rings. The predicted molar refractivity (Wildman–Crippen MR) is 121 cm³/mol. The number of unbranched alkanes of at least 4 members (excludes halogenated alkanes) is 1. The second-order valence-corrected chi connectivity index (χ2v) is 7.87. The molecule has 30 heavy (non-hydrogen) atoms. The highest BCUT2D eigenvalue weighted by molar-refractivity contribution is 6.04. The van der Waals surface area contributed by atoms with Crippen LogP contribution in [0.15, 0.2) is 42.6 Å². The van der Waals surface area contributed by atoms with Crippen LogP contribution in [0.2, 0.25) is 0 Å². The lowest BCUT2D eigenvalue weighted by atomic mass is 9.97. The zero-order valence-corrected chi connectivity index (χ0v) is 17.8. The molecule has 1 aromatic carbocycles. The maximum absolute atomic E-state index is 12.6. The summed E-state index contributed by atoms with van der Waals surface area (Å²) in [7, 11) is 2.06. The number of nitrogens with zero attached hydrogens (tertiary/aromatic N) is 3. The minimum Gasteiger partial charge on any atom is -0.375 e. The molecule has 3 N–H and O–H groups in total. The molecule has 1 aromatic heterocycles. The highest BCUT2D eigenvalue weighted by Crippen LogP contribution is 2.23. The number of piperidine rings is 1. The Morgan fingerprint density at radius 3 is 2.63 bits per heavy atom. The fourth-order valence-corrected chi connectivity index (χ4v) is 3.66. The maximum Gasteiger partial charge on any atom is 0.255 e. The first kappa shape index (κ1) is 21.6. The molecule has 0 saturated carbocycles. The molecule has 1 atom stereocenters. The molecule has 160 valence electrons. The summed E-state index contributed by atoms with van der Waals surface area (Å²) in [5, 5.41) is 2.89. The van der Waals surface area contributed by atoms with Gasteiger partial charge in [-0.25, -0.2) is 4.98 Å². The number of benzene rings is 1. The molecule has 1 aliphatic rings. The number of nitrogens with two attached hydrogens (primary N) is 1. The summed E-state index contributed by atoms with van der Waals surface area (Å²) in [5.41, 5.74) is 7.79. The normalized spacial score (nSPS) is 16.2.